The Kier molecular flexibility index (Phi) is 6.99. The molecule has 43 heavy (non-hydrogen) atoms. The van der Waals surface area contributed by atoms with Gasteiger partial charge < -0.3 is 39.0 Å². The Balaban J connectivity index is 1.66. The number of esters is 4. The van der Waals surface area contributed by atoms with Gasteiger partial charge >= 0.3 is 23.9 Å². The van der Waals surface area contributed by atoms with Gasteiger partial charge in [-0.25, -0.2) is 14.4 Å². The van der Waals surface area contributed by atoms with E-state index in [2.05, 4.69) is 0 Å². The van der Waals surface area contributed by atoms with Crippen LogP contribution in [0.5, 0.6) is 0 Å². The Morgan fingerprint density at radius 2 is 1.79 bits per heavy atom. The lowest BCUT2D eigenvalue weighted by molar-refractivity contribution is -0.272. The van der Waals surface area contributed by atoms with Crippen LogP contribution in [0.15, 0.2) is 34.6 Å². The zero-order valence-corrected chi connectivity index (χ0v) is 25.0. The maximum Gasteiger partial charge on any atom is 0.348 e. The summed E-state index contributed by atoms with van der Waals surface area (Å²) in [7, 11) is 1.05. The largest absolute Gasteiger partial charge is 0.504 e. The molecule has 0 aromatic carbocycles. The van der Waals surface area contributed by atoms with E-state index in [4.69, 9.17) is 23.7 Å². The van der Waals surface area contributed by atoms with Gasteiger partial charge in [0, 0.05) is 41.7 Å². The van der Waals surface area contributed by atoms with Crippen LogP contribution < -0.4 is 0 Å². The molecule has 0 radical (unpaired) electrons. The molecule has 0 unspecified atom stereocenters. The Morgan fingerprint density at radius 1 is 1.14 bits per heavy atom. The lowest BCUT2D eigenvalue weighted by atomic mass is 9.40. The van der Waals surface area contributed by atoms with Crippen molar-refractivity contribution in [3.05, 3.63) is 34.6 Å². The topological polar surface area (TPSA) is 192 Å². The van der Waals surface area contributed by atoms with E-state index in [1.54, 1.807) is 20.8 Å². The number of hydrogen-bond acceptors (Lipinski definition) is 13. The maximum absolute atomic E-state index is 13.6. The van der Waals surface area contributed by atoms with Crippen molar-refractivity contribution in [2.75, 3.05) is 13.7 Å². The summed E-state index contributed by atoms with van der Waals surface area (Å²) in [5.41, 5.74) is -5.22. The van der Waals surface area contributed by atoms with E-state index in [9.17, 15) is 39.3 Å². The van der Waals surface area contributed by atoms with Crippen molar-refractivity contribution in [1.29, 1.82) is 0 Å². The summed E-state index contributed by atoms with van der Waals surface area (Å²) in [6.07, 6.45) is -4.17. The van der Waals surface area contributed by atoms with Crippen LogP contribution in [-0.4, -0.2) is 94.3 Å². The maximum atomic E-state index is 13.6. The van der Waals surface area contributed by atoms with Crippen molar-refractivity contribution in [3.8, 4) is 0 Å². The number of methoxy groups -OCH3 is 1. The molecule has 2 saturated carbocycles. The van der Waals surface area contributed by atoms with Crippen molar-refractivity contribution in [2.24, 2.45) is 22.7 Å². The van der Waals surface area contributed by atoms with E-state index in [0.29, 0.717) is 5.57 Å². The van der Waals surface area contributed by atoms with Gasteiger partial charge in [0.1, 0.15) is 17.8 Å². The lowest BCUT2D eigenvalue weighted by Crippen LogP contribution is -2.78. The molecule has 13 nitrogen and oxygen atoms in total. The first-order chi connectivity index (χ1) is 19.9. The van der Waals surface area contributed by atoms with Crippen LogP contribution >= 0.6 is 0 Å². The van der Waals surface area contributed by atoms with Gasteiger partial charge in [0.15, 0.2) is 5.76 Å². The molecule has 2 bridgehead atoms. The molecule has 4 fully saturated rings. The zero-order chi connectivity index (χ0) is 32.0. The molecule has 2 heterocycles. The third kappa shape index (κ3) is 3.97. The molecule has 1 spiro atoms. The molecule has 3 aliphatic carbocycles. The minimum atomic E-state index is -2.33. The molecule has 3 N–H and O–H groups in total. The summed E-state index contributed by atoms with van der Waals surface area (Å²) in [4.78, 5) is 64.6. The molecule has 13 heteroatoms. The van der Waals surface area contributed by atoms with Gasteiger partial charge in [0.2, 0.25) is 17.5 Å². The molecule has 2 aliphatic heterocycles. The first-order valence-electron chi connectivity index (χ1n) is 13.9. The molecule has 9 atom stereocenters. The SMILES string of the molecule is COC(=O)[C@]12OC[C@@]34[C@@H](CC5=C(C)C(=O)C(O)=C[C@]5(C)[C@H]3[C@@H](O)[C@@H]1O)OC(=O)[C@H](OC(=O)/C=C(\C)C(C)(C)OC(C)=O)[C@@H]24. The molecule has 0 aromatic heterocycles. The summed E-state index contributed by atoms with van der Waals surface area (Å²) in [6.45, 7) is 8.75. The van der Waals surface area contributed by atoms with E-state index >= 15 is 0 Å². The average Bonchev–Trinajstić information content (AvgIpc) is 3.21. The van der Waals surface area contributed by atoms with Gasteiger partial charge in [-0.05, 0) is 44.9 Å². The summed E-state index contributed by atoms with van der Waals surface area (Å²) < 4.78 is 27.9. The van der Waals surface area contributed by atoms with Crippen LogP contribution in [0.1, 0.15) is 48.0 Å². The number of fused-ring (bicyclic) bond motifs is 2. The van der Waals surface area contributed by atoms with Gasteiger partial charge in [-0.1, -0.05) is 6.92 Å². The second-order valence-corrected chi connectivity index (χ2v) is 12.7. The second-order valence-electron chi connectivity index (χ2n) is 12.7. The number of carbonyl (C=O) groups excluding carboxylic acids is 5. The zero-order valence-electron chi connectivity index (χ0n) is 25.0. The Hall–Kier alpha value is -3.55. The summed E-state index contributed by atoms with van der Waals surface area (Å²) >= 11 is 0. The van der Waals surface area contributed by atoms with Crippen molar-refractivity contribution in [2.45, 2.75) is 83.6 Å². The monoisotopic (exact) mass is 604 g/mol. The van der Waals surface area contributed by atoms with Gasteiger partial charge in [-0.3, -0.25) is 9.59 Å². The number of ether oxygens (including phenoxy) is 5. The minimum absolute atomic E-state index is 0.00370. The van der Waals surface area contributed by atoms with Gasteiger partial charge in [0.05, 0.1) is 25.7 Å². The predicted molar refractivity (Wildman–Crippen MR) is 143 cm³/mol. The number of Topliss-reactive ketones (excluding diaryl/α,β-unsaturated/α-hetero) is 1. The molecule has 0 amide bonds. The normalized spacial score (nSPS) is 40.1. The molecular formula is C30H36O13. The number of ketones is 1. The highest BCUT2D eigenvalue weighted by Crippen LogP contribution is 2.71. The van der Waals surface area contributed by atoms with E-state index in [-0.39, 0.29) is 24.2 Å². The first-order valence-corrected chi connectivity index (χ1v) is 13.9. The van der Waals surface area contributed by atoms with E-state index in [1.807, 2.05) is 0 Å². The van der Waals surface area contributed by atoms with Crippen molar-refractivity contribution in [1.82, 2.24) is 0 Å². The van der Waals surface area contributed by atoms with E-state index < -0.39 is 93.7 Å². The van der Waals surface area contributed by atoms with Crippen LogP contribution in [0.2, 0.25) is 0 Å². The number of carbonyl (C=O) groups is 5. The quantitative estimate of drug-likeness (QED) is 0.227. The van der Waals surface area contributed by atoms with Crippen molar-refractivity contribution >= 4 is 29.7 Å². The smallest absolute Gasteiger partial charge is 0.348 e. The molecule has 0 aromatic rings. The van der Waals surface area contributed by atoms with Crippen LogP contribution in [-0.2, 0) is 47.7 Å². The van der Waals surface area contributed by atoms with Gasteiger partial charge in [0.25, 0.3) is 0 Å². The standard InChI is InChI=1S/C30H36O13/c1-12(27(4,5)43-14(3)31)8-18(33)42-21-23-29-11-40-30(23,26(38)39-7)24(36)20(35)22(29)28(6)10-16(32)19(34)13(2)15(28)9-17(29)41-25(21)37/h8,10,17,20-24,32,35-36H,9,11H2,1-7H3/b12-8+/t17-,20-,21-,22-,23-,24+,28+,29-,30-/m1/s1. The van der Waals surface area contributed by atoms with Crippen LogP contribution in [0, 0.1) is 22.7 Å². The highest BCUT2D eigenvalue weighted by atomic mass is 16.6. The average molecular weight is 605 g/mol. The number of aliphatic hydroxyl groups is 3. The summed E-state index contributed by atoms with van der Waals surface area (Å²) in [6, 6.07) is 0. The number of hydrogen-bond donors (Lipinski definition) is 3. The van der Waals surface area contributed by atoms with Crippen LogP contribution in [0.25, 0.3) is 0 Å². The van der Waals surface area contributed by atoms with Crippen LogP contribution in [0.3, 0.4) is 0 Å². The highest BCUT2D eigenvalue weighted by molar-refractivity contribution is 6.08. The molecule has 234 valence electrons. The second kappa shape index (κ2) is 9.73. The fourth-order valence-corrected chi connectivity index (χ4v) is 8.27. The fourth-order valence-electron chi connectivity index (χ4n) is 8.27. The molecular weight excluding hydrogens is 568 g/mol. The number of allylic oxidation sites excluding steroid dienone is 2. The van der Waals surface area contributed by atoms with E-state index in [0.717, 1.165) is 13.2 Å². The first kappa shape index (κ1) is 30.9. The Morgan fingerprint density at radius 3 is 2.40 bits per heavy atom. The lowest BCUT2D eigenvalue weighted by Gasteiger charge is -2.65. The Labute approximate surface area is 247 Å². The van der Waals surface area contributed by atoms with Crippen molar-refractivity contribution in [3.63, 3.8) is 0 Å². The summed E-state index contributed by atoms with van der Waals surface area (Å²) in [5.74, 6) is -7.35. The molecule has 5 rings (SSSR count). The third-order valence-electron chi connectivity index (χ3n) is 10.3. The minimum Gasteiger partial charge on any atom is -0.504 e. The molecule has 5 aliphatic rings. The molecule has 2 saturated heterocycles. The predicted octanol–water partition coefficient (Wildman–Crippen LogP) is 0.759. The van der Waals surface area contributed by atoms with E-state index in [1.165, 1.54) is 26.8 Å². The van der Waals surface area contributed by atoms with Gasteiger partial charge in [-0.2, -0.15) is 0 Å². The third-order valence-corrected chi connectivity index (χ3v) is 10.3. The fraction of sp³-hybridized carbons (Fsp3) is 0.633. The highest BCUT2D eigenvalue weighted by Gasteiger charge is 2.84. The van der Waals surface area contributed by atoms with Gasteiger partial charge in [-0.15, -0.1) is 0 Å². The number of rotatable bonds is 5. The number of aliphatic hydroxyl groups excluding tert-OH is 3. The summed E-state index contributed by atoms with van der Waals surface area (Å²) in [5, 5.41) is 33.9. The van der Waals surface area contributed by atoms with Crippen molar-refractivity contribution < 1.29 is 63.0 Å². The van der Waals surface area contributed by atoms with Crippen LogP contribution in [0.4, 0.5) is 0 Å². The Bertz CT molecular complexity index is 1420.